The first-order chi connectivity index (χ1) is 14.8. The fourth-order valence-corrected chi connectivity index (χ4v) is 5.12. The Kier molecular flexibility index (Phi) is 6.39. The van der Waals surface area contributed by atoms with E-state index in [2.05, 4.69) is 0 Å². The molecule has 1 N–H and O–H groups in total. The molecule has 3 rings (SSSR count). The minimum absolute atomic E-state index is 0.00910. The third-order valence-electron chi connectivity index (χ3n) is 4.78. The molecule has 32 heavy (non-hydrogen) atoms. The van der Waals surface area contributed by atoms with Crippen molar-refractivity contribution in [2.75, 3.05) is 0 Å². The van der Waals surface area contributed by atoms with Crippen LogP contribution in [0.5, 0.6) is 0 Å². The third-order valence-corrected chi connectivity index (χ3v) is 6.87. The van der Waals surface area contributed by atoms with Crippen LogP contribution in [0.3, 0.4) is 0 Å². The number of halogens is 6. The second-order valence-corrected chi connectivity index (χ2v) is 9.04. The van der Waals surface area contributed by atoms with Crippen LogP contribution in [0.15, 0.2) is 83.8 Å². The summed E-state index contributed by atoms with van der Waals surface area (Å²) in [5, 5.41) is 9.01. The number of alkyl halides is 6. The van der Waals surface area contributed by atoms with Crippen LogP contribution in [0, 0.1) is 0 Å². The van der Waals surface area contributed by atoms with E-state index >= 15 is 0 Å². The van der Waals surface area contributed by atoms with Gasteiger partial charge >= 0.3 is 12.4 Å². The molecule has 3 aromatic rings. The van der Waals surface area contributed by atoms with Gasteiger partial charge in [0.25, 0.3) is 0 Å². The van der Waals surface area contributed by atoms with E-state index in [4.69, 9.17) is 0 Å². The summed E-state index contributed by atoms with van der Waals surface area (Å²) in [6.07, 6.45) is -12.2. The lowest BCUT2D eigenvalue weighted by molar-refractivity contribution is -0.143. The van der Waals surface area contributed by atoms with Crippen LogP contribution in [0.1, 0.15) is 33.6 Å². The molecule has 0 aliphatic heterocycles. The molecule has 0 radical (unpaired) electrons. The van der Waals surface area contributed by atoms with Gasteiger partial charge in [0.2, 0.25) is 0 Å². The van der Waals surface area contributed by atoms with E-state index in [0.29, 0.717) is 0 Å². The monoisotopic (exact) mass is 474 g/mol. The predicted molar refractivity (Wildman–Crippen MR) is 104 cm³/mol. The van der Waals surface area contributed by atoms with Crippen molar-refractivity contribution in [3.63, 3.8) is 0 Å². The Balaban J connectivity index is 2.26. The van der Waals surface area contributed by atoms with E-state index in [9.17, 15) is 39.9 Å². The Labute approximate surface area is 179 Å². The van der Waals surface area contributed by atoms with Crippen LogP contribution in [-0.4, -0.2) is 13.5 Å². The maximum Gasteiger partial charge on any atom is 0.416 e. The van der Waals surface area contributed by atoms with Crippen molar-refractivity contribution in [3.8, 4) is 0 Å². The van der Waals surface area contributed by atoms with Gasteiger partial charge < -0.3 is 5.11 Å². The molecule has 0 fully saturated rings. The van der Waals surface area contributed by atoms with Crippen molar-refractivity contribution in [1.29, 1.82) is 0 Å². The van der Waals surface area contributed by atoms with E-state index in [1.54, 1.807) is 12.1 Å². The van der Waals surface area contributed by atoms with Crippen LogP contribution in [0.2, 0.25) is 0 Å². The zero-order chi connectivity index (χ0) is 23.7. The van der Waals surface area contributed by atoms with Gasteiger partial charge in [0.15, 0.2) is 9.84 Å². The van der Waals surface area contributed by atoms with Crippen LogP contribution in [0.25, 0.3) is 0 Å². The first-order valence-corrected chi connectivity index (χ1v) is 10.7. The quantitative estimate of drug-likeness (QED) is 0.464. The number of benzene rings is 3. The zero-order valence-electron chi connectivity index (χ0n) is 16.1. The molecule has 0 amide bonds. The van der Waals surface area contributed by atoms with E-state index in [0.717, 1.165) is 0 Å². The summed E-state index contributed by atoms with van der Waals surface area (Å²) in [4.78, 5) is -1.19. The van der Waals surface area contributed by atoms with E-state index in [-0.39, 0.29) is 29.3 Å². The minimum Gasteiger partial charge on any atom is -0.387 e. The van der Waals surface area contributed by atoms with Crippen molar-refractivity contribution in [3.05, 3.63) is 101 Å². The summed E-state index contributed by atoms with van der Waals surface area (Å²) in [6.45, 7) is 0. The van der Waals surface area contributed by atoms with Gasteiger partial charge in [-0.1, -0.05) is 60.7 Å². The Morgan fingerprint density at radius 3 is 1.47 bits per heavy atom. The molecule has 2 atom stereocenters. The molecule has 0 aromatic heterocycles. The van der Waals surface area contributed by atoms with Gasteiger partial charge in [0.1, 0.15) is 11.4 Å². The Morgan fingerprint density at radius 1 is 0.656 bits per heavy atom. The summed E-state index contributed by atoms with van der Waals surface area (Å²) >= 11 is 0. The fraction of sp³-hybridized carbons (Fsp3) is 0.182. The molecule has 3 aromatic carbocycles. The smallest absolute Gasteiger partial charge is 0.387 e. The lowest BCUT2D eigenvalue weighted by Gasteiger charge is -2.25. The topological polar surface area (TPSA) is 54.4 Å². The van der Waals surface area contributed by atoms with E-state index in [1.165, 1.54) is 48.5 Å². The van der Waals surface area contributed by atoms with Gasteiger partial charge in [-0.05, 0) is 29.3 Å². The number of hydrogen-bond acceptors (Lipinski definition) is 3. The van der Waals surface area contributed by atoms with Crippen LogP contribution in [-0.2, 0) is 22.2 Å². The first kappa shape index (κ1) is 23.8. The van der Waals surface area contributed by atoms with Crippen LogP contribution in [0.4, 0.5) is 26.3 Å². The van der Waals surface area contributed by atoms with Gasteiger partial charge in [-0.3, -0.25) is 0 Å². The standard InChI is InChI=1S/C22H16F6O3S/c23-21(24,25)16-11-17(22(26,27)28)13-18(12-16)32(30,31)20(15-9-5-2-6-10-15)19(29)14-7-3-1-4-8-14/h1-13,19-20,29H/t19-,20-/m1/s1. The lowest BCUT2D eigenvalue weighted by Crippen LogP contribution is -2.22. The average Bonchev–Trinajstić information content (AvgIpc) is 2.73. The van der Waals surface area contributed by atoms with E-state index < -0.39 is 49.6 Å². The highest BCUT2D eigenvalue weighted by atomic mass is 32.2. The first-order valence-electron chi connectivity index (χ1n) is 9.13. The number of sulfone groups is 1. The highest BCUT2D eigenvalue weighted by molar-refractivity contribution is 7.91. The van der Waals surface area contributed by atoms with Crippen molar-refractivity contribution in [1.82, 2.24) is 0 Å². The zero-order valence-corrected chi connectivity index (χ0v) is 16.9. The Hall–Kier alpha value is -2.85. The number of hydrogen-bond donors (Lipinski definition) is 1. The molecule has 0 saturated carbocycles. The fourth-order valence-electron chi connectivity index (χ4n) is 3.24. The molecule has 0 saturated heterocycles. The van der Waals surface area contributed by atoms with Gasteiger partial charge in [-0.15, -0.1) is 0 Å². The SMILES string of the molecule is O=S(=O)(c1cc(C(F)(F)F)cc(C(F)(F)F)c1)[C@H](c1ccccc1)[C@H](O)c1ccccc1. The molecule has 170 valence electrons. The summed E-state index contributed by atoms with van der Waals surface area (Å²) < 4.78 is 106. The summed E-state index contributed by atoms with van der Waals surface area (Å²) in [5.41, 5.74) is -3.37. The molecular weight excluding hydrogens is 458 g/mol. The Bertz CT molecular complexity index is 1140. The molecule has 0 aliphatic carbocycles. The van der Waals surface area contributed by atoms with E-state index in [1.807, 2.05) is 0 Å². The van der Waals surface area contributed by atoms with Crippen molar-refractivity contribution >= 4 is 9.84 Å². The molecule has 0 spiro atoms. The third kappa shape index (κ3) is 4.97. The molecule has 10 heteroatoms. The highest BCUT2D eigenvalue weighted by Gasteiger charge is 2.41. The molecule has 0 bridgehead atoms. The number of aliphatic hydroxyl groups excluding tert-OH is 1. The summed E-state index contributed by atoms with van der Waals surface area (Å²) in [6, 6.07) is 14.7. The maximum absolute atomic E-state index is 13.4. The lowest BCUT2D eigenvalue weighted by atomic mass is 10.0. The molecule has 0 aliphatic rings. The number of rotatable bonds is 5. The van der Waals surface area contributed by atoms with Crippen molar-refractivity contribution < 1.29 is 39.9 Å². The van der Waals surface area contributed by atoms with Crippen LogP contribution >= 0.6 is 0 Å². The highest BCUT2D eigenvalue weighted by Crippen LogP contribution is 2.43. The molecule has 0 unspecified atom stereocenters. The van der Waals surface area contributed by atoms with Crippen molar-refractivity contribution in [2.24, 2.45) is 0 Å². The van der Waals surface area contributed by atoms with Gasteiger partial charge in [0.05, 0.1) is 16.0 Å². The molecular formula is C22H16F6O3S. The number of aliphatic hydroxyl groups is 1. The minimum atomic E-state index is -5.22. The van der Waals surface area contributed by atoms with Gasteiger partial charge in [0, 0.05) is 0 Å². The summed E-state index contributed by atoms with van der Waals surface area (Å²) in [5.74, 6) is 0. The molecule has 3 nitrogen and oxygen atoms in total. The summed E-state index contributed by atoms with van der Waals surface area (Å²) in [7, 11) is -4.92. The van der Waals surface area contributed by atoms with Crippen LogP contribution < -0.4 is 0 Å². The van der Waals surface area contributed by atoms with Gasteiger partial charge in [-0.25, -0.2) is 8.42 Å². The largest absolute Gasteiger partial charge is 0.416 e. The maximum atomic E-state index is 13.4. The van der Waals surface area contributed by atoms with Crippen molar-refractivity contribution in [2.45, 2.75) is 28.6 Å². The second kappa shape index (κ2) is 8.59. The normalized spacial score (nSPS) is 14.7. The van der Waals surface area contributed by atoms with Gasteiger partial charge in [-0.2, -0.15) is 26.3 Å². The average molecular weight is 474 g/mol. The predicted octanol–water partition coefficient (Wildman–Crippen LogP) is 5.97. The molecule has 0 heterocycles. The Morgan fingerprint density at radius 2 is 1.06 bits per heavy atom. The second-order valence-electron chi connectivity index (χ2n) is 6.97.